The van der Waals surface area contributed by atoms with Crippen molar-refractivity contribution in [1.29, 1.82) is 0 Å². The smallest absolute Gasteiger partial charge is 0.0563 e. The second kappa shape index (κ2) is 12.8. The maximum absolute atomic E-state index is 3.80. The normalized spacial score (nSPS) is 13.5. The summed E-state index contributed by atoms with van der Waals surface area (Å²) in [5.74, 6) is 0. The largest absolute Gasteiger partial charge is 0.362 e. The van der Waals surface area contributed by atoms with Gasteiger partial charge < -0.3 is 4.90 Å². The van der Waals surface area contributed by atoms with Gasteiger partial charge in [-0.1, -0.05) is 94.6 Å². The predicted molar refractivity (Wildman–Crippen MR) is 121 cm³/mol. The van der Waals surface area contributed by atoms with Gasteiger partial charge >= 0.3 is 0 Å². The van der Waals surface area contributed by atoms with Crippen LogP contribution in [0.3, 0.4) is 0 Å². The Morgan fingerprint density at radius 1 is 1.07 bits per heavy atom. The number of benzene rings is 2. The molecule has 1 aliphatic heterocycles. The zero-order valence-electron chi connectivity index (χ0n) is 17.5. The Balaban J connectivity index is 0.000000282. The van der Waals surface area contributed by atoms with Gasteiger partial charge in [0.25, 0.3) is 0 Å². The van der Waals surface area contributed by atoms with Crippen molar-refractivity contribution in [3.63, 3.8) is 0 Å². The Labute approximate surface area is 166 Å². The number of aryl methyl sites for hydroxylation is 1. The molecule has 1 heteroatoms. The third-order valence-corrected chi connectivity index (χ3v) is 4.72. The van der Waals surface area contributed by atoms with Gasteiger partial charge in [-0.25, -0.2) is 0 Å². The summed E-state index contributed by atoms with van der Waals surface area (Å²) in [6.45, 7) is 17.0. The second-order valence-corrected chi connectivity index (χ2v) is 6.32. The van der Waals surface area contributed by atoms with Crippen LogP contribution in [-0.4, -0.2) is 11.4 Å². The molecule has 0 saturated carbocycles. The van der Waals surface area contributed by atoms with Crippen LogP contribution in [0.15, 0.2) is 79.2 Å². The first-order valence-corrected chi connectivity index (χ1v) is 10.1. The Kier molecular flexibility index (Phi) is 10.7. The van der Waals surface area contributed by atoms with Crippen LogP contribution in [0.1, 0.15) is 62.8 Å². The molecule has 0 amide bonds. The van der Waals surface area contributed by atoms with Crippen LogP contribution < -0.4 is 0 Å². The first-order valence-electron chi connectivity index (χ1n) is 10.1. The van der Waals surface area contributed by atoms with E-state index in [-0.39, 0.29) is 0 Å². The summed E-state index contributed by atoms with van der Waals surface area (Å²) in [5.41, 5.74) is 8.29. The fourth-order valence-electron chi connectivity index (χ4n) is 3.36. The van der Waals surface area contributed by atoms with Gasteiger partial charge in [0.15, 0.2) is 0 Å². The van der Waals surface area contributed by atoms with Crippen molar-refractivity contribution in [3.05, 3.63) is 95.9 Å². The third kappa shape index (κ3) is 6.62. The van der Waals surface area contributed by atoms with Gasteiger partial charge in [-0.15, -0.1) is 5.73 Å². The van der Waals surface area contributed by atoms with Gasteiger partial charge in [-0.2, -0.15) is 0 Å². The molecule has 0 radical (unpaired) electrons. The van der Waals surface area contributed by atoms with E-state index in [4.69, 9.17) is 0 Å². The average molecular weight is 362 g/mol. The first-order chi connectivity index (χ1) is 13.2. The highest BCUT2D eigenvalue weighted by Crippen LogP contribution is 2.33. The molecule has 0 unspecified atom stereocenters. The number of allylic oxidation sites excluding steroid dienone is 1. The molecule has 1 aliphatic rings. The standard InChI is InChI=1S/C15H19N.C9H10.C2H6/c1-3-14-11-8-12-16(14)15(4-2)13-9-6-5-7-10-13;1-3-9-7-5-4-6-8(9)2;1-2/h5-7,9-10,15H,1,4,8,11-12H2,2H3;3-7H,1H2,2H3;1-2H3/t15-;;/m0../s1. The van der Waals surface area contributed by atoms with Crippen molar-refractivity contribution in [2.45, 2.75) is 53.0 Å². The van der Waals surface area contributed by atoms with E-state index in [0.717, 1.165) is 19.4 Å². The Bertz CT molecular complexity index is 723. The molecular weight excluding hydrogens is 326 g/mol. The third-order valence-electron chi connectivity index (χ3n) is 4.72. The molecule has 1 atom stereocenters. The molecule has 0 aliphatic carbocycles. The van der Waals surface area contributed by atoms with E-state index < -0.39 is 0 Å². The number of likely N-dealkylation sites (tertiary alicyclic amines) is 1. The summed E-state index contributed by atoms with van der Waals surface area (Å²) in [6, 6.07) is 19.4. The lowest BCUT2D eigenvalue weighted by molar-refractivity contribution is 0.283. The van der Waals surface area contributed by atoms with Crippen LogP contribution >= 0.6 is 0 Å². The van der Waals surface area contributed by atoms with E-state index in [0.29, 0.717) is 6.04 Å². The highest BCUT2D eigenvalue weighted by atomic mass is 15.2. The van der Waals surface area contributed by atoms with Crippen molar-refractivity contribution in [1.82, 2.24) is 4.90 Å². The zero-order valence-corrected chi connectivity index (χ0v) is 17.5. The summed E-state index contributed by atoms with van der Waals surface area (Å²) in [6.07, 6.45) is 5.37. The molecule has 2 aromatic rings. The van der Waals surface area contributed by atoms with Gasteiger partial charge in [-0.3, -0.25) is 0 Å². The summed E-state index contributed by atoms with van der Waals surface area (Å²) >= 11 is 0. The van der Waals surface area contributed by atoms with E-state index >= 15 is 0 Å². The summed E-state index contributed by atoms with van der Waals surface area (Å²) in [7, 11) is 0. The van der Waals surface area contributed by atoms with Crippen molar-refractivity contribution in [2.24, 2.45) is 0 Å². The molecule has 27 heavy (non-hydrogen) atoms. The van der Waals surface area contributed by atoms with E-state index in [1.54, 1.807) is 0 Å². The van der Waals surface area contributed by atoms with Crippen LogP contribution in [0.25, 0.3) is 6.08 Å². The highest BCUT2D eigenvalue weighted by molar-refractivity contribution is 5.50. The Hall–Kier alpha value is -2.50. The van der Waals surface area contributed by atoms with Crippen molar-refractivity contribution >= 4 is 6.08 Å². The van der Waals surface area contributed by atoms with Gasteiger partial charge in [0.05, 0.1) is 11.7 Å². The molecule has 1 nitrogen and oxygen atoms in total. The van der Waals surface area contributed by atoms with Crippen LogP contribution in [0, 0.1) is 6.92 Å². The zero-order chi connectivity index (χ0) is 20.1. The number of hydrogen-bond donors (Lipinski definition) is 0. The minimum absolute atomic E-state index is 0.493. The summed E-state index contributed by atoms with van der Waals surface area (Å²) in [4.78, 5) is 2.46. The van der Waals surface area contributed by atoms with E-state index in [9.17, 15) is 0 Å². The monoisotopic (exact) mass is 361 g/mol. The van der Waals surface area contributed by atoms with Crippen LogP contribution in [-0.2, 0) is 0 Å². The molecule has 0 aromatic heterocycles. The lowest BCUT2D eigenvalue weighted by Crippen LogP contribution is -2.23. The van der Waals surface area contributed by atoms with E-state index in [1.807, 2.05) is 32.1 Å². The molecule has 0 N–H and O–H groups in total. The Morgan fingerprint density at radius 2 is 1.70 bits per heavy atom. The minimum Gasteiger partial charge on any atom is -0.362 e. The van der Waals surface area contributed by atoms with E-state index in [2.05, 4.69) is 80.1 Å². The van der Waals surface area contributed by atoms with Gasteiger partial charge in [0.1, 0.15) is 0 Å². The molecular formula is C26H35N. The Morgan fingerprint density at radius 3 is 2.22 bits per heavy atom. The molecule has 3 rings (SSSR count). The highest BCUT2D eigenvalue weighted by Gasteiger charge is 2.24. The number of hydrogen-bond acceptors (Lipinski definition) is 1. The van der Waals surface area contributed by atoms with Crippen LogP contribution in [0.5, 0.6) is 0 Å². The second-order valence-electron chi connectivity index (χ2n) is 6.32. The lowest BCUT2D eigenvalue weighted by Gasteiger charge is -2.29. The minimum atomic E-state index is 0.493. The van der Waals surface area contributed by atoms with Crippen LogP contribution in [0.2, 0.25) is 0 Å². The molecule has 1 heterocycles. The molecule has 0 spiro atoms. The number of rotatable bonds is 4. The molecule has 1 saturated heterocycles. The average Bonchev–Trinajstić information content (AvgIpc) is 3.20. The number of nitrogens with zero attached hydrogens (tertiary/aromatic N) is 1. The fourth-order valence-corrected chi connectivity index (χ4v) is 3.36. The van der Waals surface area contributed by atoms with Crippen molar-refractivity contribution < 1.29 is 0 Å². The summed E-state index contributed by atoms with van der Waals surface area (Å²) < 4.78 is 0. The van der Waals surface area contributed by atoms with Gasteiger partial charge in [0.2, 0.25) is 0 Å². The van der Waals surface area contributed by atoms with Crippen molar-refractivity contribution in [2.75, 3.05) is 6.54 Å². The lowest BCUT2D eigenvalue weighted by atomic mass is 10.0. The topological polar surface area (TPSA) is 3.24 Å². The predicted octanol–water partition coefficient (Wildman–Crippen LogP) is 7.57. The quantitative estimate of drug-likeness (QED) is 0.508. The van der Waals surface area contributed by atoms with Crippen molar-refractivity contribution in [3.8, 4) is 0 Å². The van der Waals surface area contributed by atoms with E-state index in [1.165, 1.54) is 28.8 Å². The molecule has 2 aromatic carbocycles. The summed E-state index contributed by atoms with van der Waals surface area (Å²) in [5, 5.41) is 0. The maximum Gasteiger partial charge on any atom is 0.0563 e. The molecule has 1 fully saturated rings. The molecule has 0 bridgehead atoms. The molecule has 144 valence electrons. The van der Waals surface area contributed by atoms with Crippen LogP contribution in [0.4, 0.5) is 0 Å². The SMILES string of the molecule is C=C=C1CCCN1[C@@H](CC)c1ccccc1.C=Cc1ccccc1C.CC. The first kappa shape index (κ1) is 22.5. The van der Waals surface area contributed by atoms with Gasteiger partial charge in [-0.05, 0) is 42.9 Å². The maximum atomic E-state index is 3.80. The van der Waals surface area contributed by atoms with Gasteiger partial charge in [0, 0.05) is 6.54 Å². The fraction of sp³-hybridized carbons (Fsp3) is 0.346.